The van der Waals surface area contributed by atoms with E-state index in [0.29, 0.717) is 19.3 Å². The Labute approximate surface area is 480 Å². The summed E-state index contributed by atoms with van der Waals surface area (Å²) in [6.07, 6.45) is 58.2. The van der Waals surface area contributed by atoms with Crippen molar-refractivity contribution in [1.82, 2.24) is 0 Å². The molecule has 1 aliphatic heterocycles. The first-order valence-electron chi connectivity index (χ1n) is 31.6. The van der Waals surface area contributed by atoms with Gasteiger partial charge in [0.05, 0.1) is 6.61 Å². The number of carbonyl (C=O) groups excluding carboxylic acids is 3. The molecule has 0 saturated carbocycles. The fraction of sp³-hybridized carbons (Fsp3) is 0.731. The summed E-state index contributed by atoms with van der Waals surface area (Å²) in [4.78, 5) is 51.3. The highest BCUT2D eigenvalue weighted by Gasteiger charge is 2.50. The van der Waals surface area contributed by atoms with Gasteiger partial charge in [0.25, 0.3) is 0 Å². The molecule has 0 bridgehead atoms. The second-order valence-corrected chi connectivity index (χ2v) is 21.3. The number of hydrogen-bond donors (Lipinski definition) is 3. The molecule has 6 unspecified atom stereocenters. The monoisotopic (exact) mass is 1110 g/mol. The van der Waals surface area contributed by atoms with E-state index in [1.54, 1.807) is 0 Å². The first-order chi connectivity index (χ1) is 38.6. The molecule has 6 atom stereocenters. The van der Waals surface area contributed by atoms with E-state index >= 15 is 0 Å². The van der Waals surface area contributed by atoms with Crippen molar-refractivity contribution in [3.63, 3.8) is 0 Å². The minimum absolute atomic E-state index is 0.0364. The van der Waals surface area contributed by atoms with E-state index in [-0.39, 0.29) is 25.9 Å². The summed E-state index contributed by atoms with van der Waals surface area (Å²) in [5.41, 5.74) is 0. The van der Waals surface area contributed by atoms with Crippen molar-refractivity contribution in [1.29, 1.82) is 0 Å². The zero-order chi connectivity index (χ0) is 57.5. The number of carboxylic acid groups (broad SMARTS) is 1. The number of aliphatic hydroxyl groups excluding tert-OH is 2. The van der Waals surface area contributed by atoms with Crippen molar-refractivity contribution in [2.24, 2.45) is 0 Å². The summed E-state index contributed by atoms with van der Waals surface area (Å²) in [5.74, 6) is -3.16. The molecule has 0 aromatic rings. The van der Waals surface area contributed by atoms with Crippen LogP contribution in [-0.2, 0) is 42.9 Å². The van der Waals surface area contributed by atoms with Gasteiger partial charge in [-0.2, -0.15) is 0 Å². The number of carbonyl (C=O) groups is 4. The van der Waals surface area contributed by atoms with Crippen LogP contribution in [0.25, 0.3) is 0 Å². The van der Waals surface area contributed by atoms with Crippen molar-refractivity contribution in [2.45, 2.75) is 302 Å². The first kappa shape index (κ1) is 72.9. The third-order valence-electron chi connectivity index (χ3n) is 13.9. The van der Waals surface area contributed by atoms with Crippen LogP contribution in [0.1, 0.15) is 265 Å². The summed E-state index contributed by atoms with van der Waals surface area (Å²) < 4.78 is 28.5. The first-order valence-corrected chi connectivity index (χ1v) is 31.6. The van der Waals surface area contributed by atoms with E-state index in [1.807, 2.05) is 0 Å². The lowest BCUT2D eigenvalue weighted by Gasteiger charge is -2.40. The summed E-state index contributed by atoms with van der Waals surface area (Å²) >= 11 is 0. The SMILES string of the molecule is CC/C=C\C/C=C\C/C=C\CCCCCCCC(=O)OC1C(OCC(COC(=O)CCCCCCCCCCC/C=C\C/C=C\CCCCC)OC(=O)CCCCCCC/C=C\C/C=C\CCCCC)OC(C(=O)O)C(O)C1O. The quantitative estimate of drug-likeness (QED) is 0.0228. The molecule has 0 amide bonds. The lowest BCUT2D eigenvalue weighted by molar-refractivity contribution is -0.301. The van der Waals surface area contributed by atoms with Gasteiger partial charge in [-0.3, -0.25) is 14.4 Å². The zero-order valence-corrected chi connectivity index (χ0v) is 49.8. The van der Waals surface area contributed by atoms with Gasteiger partial charge in [-0.1, -0.05) is 215 Å². The molecular weight excluding hydrogens is 997 g/mol. The van der Waals surface area contributed by atoms with Crippen molar-refractivity contribution in [2.75, 3.05) is 13.2 Å². The van der Waals surface area contributed by atoms with Crippen LogP contribution in [0.4, 0.5) is 0 Å². The normalized spacial score (nSPS) is 18.4. The average molecular weight is 1110 g/mol. The zero-order valence-electron chi connectivity index (χ0n) is 49.8. The molecule has 12 heteroatoms. The van der Waals surface area contributed by atoms with Crippen LogP contribution in [0.5, 0.6) is 0 Å². The van der Waals surface area contributed by atoms with Crippen molar-refractivity contribution in [3.05, 3.63) is 85.1 Å². The van der Waals surface area contributed by atoms with Gasteiger partial charge in [0.1, 0.15) is 18.8 Å². The average Bonchev–Trinajstić information content (AvgIpc) is 3.44. The van der Waals surface area contributed by atoms with Crippen LogP contribution in [0.2, 0.25) is 0 Å². The van der Waals surface area contributed by atoms with Gasteiger partial charge in [-0.25, -0.2) is 4.79 Å². The topological polar surface area (TPSA) is 175 Å². The minimum atomic E-state index is -1.91. The Balaban J connectivity index is 2.68. The fourth-order valence-corrected chi connectivity index (χ4v) is 9.09. The lowest BCUT2D eigenvalue weighted by Crippen LogP contribution is -2.61. The highest BCUT2D eigenvalue weighted by molar-refractivity contribution is 5.74. The van der Waals surface area contributed by atoms with Crippen LogP contribution < -0.4 is 0 Å². The molecule has 1 saturated heterocycles. The Morgan fingerprint density at radius 1 is 0.430 bits per heavy atom. The molecule has 1 fully saturated rings. The molecule has 79 heavy (non-hydrogen) atoms. The largest absolute Gasteiger partial charge is 0.479 e. The van der Waals surface area contributed by atoms with Crippen molar-refractivity contribution >= 4 is 23.9 Å². The molecule has 0 radical (unpaired) electrons. The standard InChI is InChI=1S/C67H112O12/c1-4-7-10-13-16-19-22-25-28-29-30-31-34-35-38-41-44-47-50-53-59(68)75-56-58(77-60(69)54-51-48-45-42-39-36-32-26-23-20-17-14-11-8-5-2)57-76-67-65(63(72)62(71)64(79-67)66(73)74)78-61(70)55-52-49-46-43-40-37-33-27-24-21-18-15-12-9-6-3/h9,12,16-21,25-28,32-33,58,62-65,67,71-72H,4-8,10-11,13-15,22-24,29-31,34-57H2,1-3H3,(H,73,74)/b12-9-,19-16-,20-17-,21-18-,28-25-,32-26-,33-27-. The summed E-state index contributed by atoms with van der Waals surface area (Å²) in [6, 6.07) is 0. The van der Waals surface area contributed by atoms with Gasteiger partial charge >= 0.3 is 23.9 Å². The number of allylic oxidation sites excluding steroid dienone is 14. The fourth-order valence-electron chi connectivity index (χ4n) is 9.09. The molecule has 452 valence electrons. The molecular formula is C67H112O12. The molecule has 0 spiro atoms. The van der Waals surface area contributed by atoms with Gasteiger partial charge in [0.2, 0.25) is 0 Å². The van der Waals surface area contributed by atoms with E-state index in [2.05, 4.69) is 106 Å². The summed E-state index contributed by atoms with van der Waals surface area (Å²) in [6.45, 7) is 5.82. The van der Waals surface area contributed by atoms with Crippen molar-refractivity contribution < 1.29 is 58.2 Å². The predicted molar refractivity (Wildman–Crippen MR) is 321 cm³/mol. The molecule has 1 heterocycles. The van der Waals surface area contributed by atoms with Crippen LogP contribution >= 0.6 is 0 Å². The number of aliphatic carboxylic acids is 1. The maximum Gasteiger partial charge on any atom is 0.335 e. The number of esters is 3. The Hall–Kier alpha value is -4.10. The van der Waals surface area contributed by atoms with E-state index in [1.165, 1.54) is 77.0 Å². The molecule has 1 aliphatic rings. The van der Waals surface area contributed by atoms with Gasteiger partial charge in [-0.15, -0.1) is 0 Å². The van der Waals surface area contributed by atoms with Crippen LogP contribution in [0.3, 0.4) is 0 Å². The smallest absolute Gasteiger partial charge is 0.335 e. The van der Waals surface area contributed by atoms with E-state index < -0.39 is 67.3 Å². The molecule has 0 aromatic carbocycles. The minimum Gasteiger partial charge on any atom is -0.479 e. The van der Waals surface area contributed by atoms with Crippen LogP contribution in [0.15, 0.2) is 85.1 Å². The number of carboxylic acids is 1. The highest BCUT2D eigenvalue weighted by atomic mass is 16.7. The number of unbranched alkanes of at least 4 members (excludes halogenated alkanes) is 25. The third kappa shape index (κ3) is 44.3. The van der Waals surface area contributed by atoms with Gasteiger partial charge in [-0.05, 0) is 116 Å². The number of hydrogen-bond acceptors (Lipinski definition) is 11. The maximum absolute atomic E-state index is 13.2. The van der Waals surface area contributed by atoms with Crippen LogP contribution in [0, 0.1) is 0 Å². The molecule has 0 aromatic heterocycles. The van der Waals surface area contributed by atoms with Crippen molar-refractivity contribution in [3.8, 4) is 0 Å². The Kier molecular flexibility index (Phi) is 50.3. The van der Waals surface area contributed by atoms with Gasteiger partial charge < -0.3 is 39.0 Å². The molecule has 0 aliphatic carbocycles. The molecule has 1 rings (SSSR count). The van der Waals surface area contributed by atoms with Gasteiger partial charge in [0, 0.05) is 19.3 Å². The summed E-state index contributed by atoms with van der Waals surface area (Å²) in [7, 11) is 0. The number of ether oxygens (including phenoxy) is 5. The Morgan fingerprint density at radius 3 is 1.22 bits per heavy atom. The lowest BCUT2D eigenvalue weighted by atomic mass is 9.98. The van der Waals surface area contributed by atoms with E-state index in [9.17, 15) is 34.5 Å². The van der Waals surface area contributed by atoms with E-state index in [4.69, 9.17) is 23.7 Å². The number of aliphatic hydroxyl groups is 2. The number of rotatable bonds is 53. The third-order valence-corrected chi connectivity index (χ3v) is 13.9. The maximum atomic E-state index is 13.2. The summed E-state index contributed by atoms with van der Waals surface area (Å²) in [5, 5.41) is 31.5. The Morgan fingerprint density at radius 2 is 0.797 bits per heavy atom. The highest BCUT2D eigenvalue weighted by Crippen LogP contribution is 2.26. The predicted octanol–water partition coefficient (Wildman–Crippen LogP) is 16.7. The second kappa shape index (κ2) is 54.5. The molecule has 12 nitrogen and oxygen atoms in total. The second-order valence-electron chi connectivity index (χ2n) is 21.3. The van der Waals surface area contributed by atoms with E-state index in [0.717, 1.165) is 128 Å². The van der Waals surface area contributed by atoms with Crippen LogP contribution in [-0.4, -0.2) is 89.2 Å². The van der Waals surface area contributed by atoms with Gasteiger partial charge in [0.15, 0.2) is 24.6 Å². The molecule has 3 N–H and O–H groups in total. The Bertz CT molecular complexity index is 1700.